The van der Waals surface area contributed by atoms with Gasteiger partial charge >= 0.3 is 0 Å². The summed E-state index contributed by atoms with van der Waals surface area (Å²) in [5, 5.41) is 9.84. The average molecular weight is 325 g/mol. The number of rotatable bonds is 4. The summed E-state index contributed by atoms with van der Waals surface area (Å²) in [6, 6.07) is 8.41. The molecule has 1 aromatic carbocycles. The molecule has 6 heteroatoms. The normalized spacial score (nSPS) is 14.8. The molecule has 0 saturated carbocycles. The predicted molar refractivity (Wildman–Crippen MR) is 93.8 cm³/mol. The number of fused-ring (bicyclic) bond motifs is 2. The van der Waals surface area contributed by atoms with Crippen molar-refractivity contribution >= 4 is 16.6 Å². The van der Waals surface area contributed by atoms with E-state index in [1.807, 2.05) is 30.2 Å². The zero-order valence-corrected chi connectivity index (χ0v) is 13.7. The average Bonchev–Trinajstić information content (AvgIpc) is 3.04. The van der Waals surface area contributed by atoms with Crippen molar-refractivity contribution < 1.29 is 4.39 Å². The fourth-order valence-corrected chi connectivity index (χ4v) is 3.29. The number of hydrogen-bond donors (Lipinski definition) is 1. The van der Waals surface area contributed by atoms with Crippen LogP contribution >= 0.6 is 0 Å². The molecule has 0 bridgehead atoms. The van der Waals surface area contributed by atoms with E-state index in [0.29, 0.717) is 6.54 Å². The first kappa shape index (κ1) is 15.1. The van der Waals surface area contributed by atoms with Crippen molar-refractivity contribution in [2.24, 2.45) is 0 Å². The lowest BCUT2D eigenvalue weighted by Crippen LogP contribution is -2.35. The minimum Gasteiger partial charge on any atom is -0.373 e. The standard InChI is InChI=1S/C18H20FN5/c1-20-18-9-15-8-13(2-3-14(15)10-21-18)16-11-22-24-7-6-23(5-4-19)12-17(16)24/h2-3,8-11H,4-7,12H2,1H3,(H,20,21). The van der Waals surface area contributed by atoms with Crippen LogP contribution in [0.5, 0.6) is 0 Å². The molecule has 3 aromatic rings. The van der Waals surface area contributed by atoms with Gasteiger partial charge in [-0.15, -0.1) is 0 Å². The molecule has 0 atom stereocenters. The molecule has 1 N–H and O–H groups in total. The lowest BCUT2D eigenvalue weighted by molar-refractivity contribution is 0.197. The summed E-state index contributed by atoms with van der Waals surface area (Å²) in [5.41, 5.74) is 3.43. The number of halogens is 1. The van der Waals surface area contributed by atoms with E-state index in [-0.39, 0.29) is 6.67 Å². The van der Waals surface area contributed by atoms with Crippen LogP contribution in [0.4, 0.5) is 10.2 Å². The van der Waals surface area contributed by atoms with Crippen LogP contribution in [0.1, 0.15) is 5.69 Å². The SMILES string of the molecule is CNc1cc2cc(-c3cnn4c3CN(CCF)CC4)ccc2cn1. The number of anilines is 1. The molecule has 0 amide bonds. The summed E-state index contributed by atoms with van der Waals surface area (Å²) in [5.74, 6) is 0.853. The first-order valence-corrected chi connectivity index (χ1v) is 8.19. The summed E-state index contributed by atoms with van der Waals surface area (Å²) in [6.07, 6.45) is 3.80. The van der Waals surface area contributed by atoms with Crippen LogP contribution < -0.4 is 5.32 Å². The summed E-state index contributed by atoms with van der Waals surface area (Å²) in [7, 11) is 1.87. The lowest BCUT2D eigenvalue weighted by atomic mass is 10.0. The van der Waals surface area contributed by atoms with E-state index in [9.17, 15) is 4.39 Å². The molecule has 1 aliphatic heterocycles. The Bertz CT molecular complexity index is 873. The highest BCUT2D eigenvalue weighted by Gasteiger charge is 2.21. The molecule has 0 spiro atoms. The van der Waals surface area contributed by atoms with E-state index in [2.05, 4.69) is 38.5 Å². The van der Waals surface area contributed by atoms with Crippen LogP contribution in [0, 0.1) is 0 Å². The molecule has 2 aromatic heterocycles. The third kappa shape index (κ3) is 2.63. The Kier molecular flexibility index (Phi) is 3.90. The zero-order chi connectivity index (χ0) is 16.5. The number of aromatic nitrogens is 3. The maximum Gasteiger partial charge on any atom is 0.126 e. The molecule has 0 fully saturated rings. The van der Waals surface area contributed by atoms with Crippen molar-refractivity contribution in [1.82, 2.24) is 19.7 Å². The summed E-state index contributed by atoms with van der Waals surface area (Å²) in [4.78, 5) is 6.49. The van der Waals surface area contributed by atoms with E-state index in [1.165, 1.54) is 0 Å². The minimum absolute atomic E-state index is 0.306. The Balaban J connectivity index is 1.74. The third-order valence-electron chi connectivity index (χ3n) is 4.64. The quantitative estimate of drug-likeness (QED) is 0.801. The Morgan fingerprint density at radius 3 is 2.92 bits per heavy atom. The topological polar surface area (TPSA) is 46.0 Å². The molecule has 0 aliphatic carbocycles. The fourth-order valence-electron chi connectivity index (χ4n) is 3.29. The minimum atomic E-state index is -0.306. The highest BCUT2D eigenvalue weighted by Crippen LogP contribution is 2.30. The van der Waals surface area contributed by atoms with Crippen LogP contribution in [-0.4, -0.2) is 46.5 Å². The first-order valence-electron chi connectivity index (χ1n) is 8.19. The second kappa shape index (κ2) is 6.20. The van der Waals surface area contributed by atoms with Gasteiger partial charge < -0.3 is 5.32 Å². The summed E-state index contributed by atoms with van der Waals surface area (Å²) < 4.78 is 14.7. The van der Waals surface area contributed by atoms with Gasteiger partial charge in [0.2, 0.25) is 0 Å². The predicted octanol–water partition coefficient (Wildman–Crippen LogP) is 2.93. The van der Waals surface area contributed by atoms with Gasteiger partial charge in [-0.3, -0.25) is 9.58 Å². The second-order valence-electron chi connectivity index (χ2n) is 6.07. The first-order chi connectivity index (χ1) is 11.8. The van der Waals surface area contributed by atoms with Crippen LogP contribution in [0.25, 0.3) is 21.9 Å². The van der Waals surface area contributed by atoms with Gasteiger partial charge in [0.15, 0.2) is 0 Å². The van der Waals surface area contributed by atoms with Crippen LogP contribution in [0.2, 0.25) is 0 Å². The maximum absolute atomic E-state index is 12.7. The number of pyridine rings is 1. The van der Waals surface area contributed by atoms with Crippen LogP contribution in [0.15, 0.2) is 36.7 Å². The highest BCUT2D eigenvalue weighted by molar-refractivity contribution is 5.88. The van der Waals surface area contributed by atoms with Crippen molar-refractivity contribution in [3.05, 3.63) is 42.4 Å². The highest BCUT2D eigenvalue weighted by atomic mass is 19.1. The molecule has 5 nitrogen and oxygen atoms in total. The van der Waals surface area contributed by atoms with Gasteiger partial charge in [-0.25, -0.2) is 9.37 Å². The van der Waals surface area contributed by atoms with Crippen LogP contribution in [-0.2, 0) is 13.1 Å². The lowest BCUT2D eigenvalue weighted by Gasteiger charge is -2.27. The van der Waals surface area contributed by atoms with Crippen LogP contribution in [0.3, 0.4) is 0 Å². The molecule has 0 saturated heterocycles. The maximum atomic E-state index is 12.7. The van der Waals surface area contributed by atoms with E-state index in [1.54, 1.807) is 0 Å². The largest absolute Gasteiger partial charge is 0.373 e. The van der Waals surface area contributed by atoms with Gasteiger partial charge in [0.25, 0.3) is 0 Å². The molecular weight excluding hydrogens is 305 g/mol. The fraction of sp³-hybridized carbons (Fsp3) is 0.333. The molecule has 124 valence electrons. The van der Waals surface area contributed by atoms with Gasteiger partial charge in [-0.1, -0.05) is 12.1 Å². The van der Waals surface area contributed by atoms with E-state index in [4.69, 9.17) is 0 Å². The van der Waals surface area contributed by atoms with E-state index in [0.717, 1.165) is 53.0 Å². The van der Waals surface area contributed by atoms with Crippen molar-refractivity contribution in [1.29, 1.82) is 0 Å². The Morgan fingerprint density at radius 1 is 1.17 bits per heavy atom. The molecule has 4 rings (SSSR count). The summed E-state index contributed by atoms with van der Waals surface area (Å²) >= 11 is 0. The van der Waals surface area contributed by atoms with Gasteiger partial charge in [-0.05, 0) is 23.1 Å². The zero-order valence-electron chi connectivity index (χ0n) is 13.7. The second-order valence-corrected chi connectivity index (χ2v) is 6.07. The van der Waals surface area contributed by atoms with Gasteiger partial charge in [0.1, 0.15) is 12.5 Å². The Labute approximate surface area is 140 Å². The smallest absolute Gasteiger partial charge is 0.126 e. The van der Waals surface area contributed by atoms with Gasteiger partial charge in [0, 0.05) is 43.8 Å². The number of nitrogens with zero attached hydrogens (tertiary/aromatic N) is 4. The van der Waals surface area contributed by atoms with Gasteiger partial charge in [0.05, 0.1) is 18.4 Å². The Hall–Kier alpha value is -2.47. The monoisotopic (exact) mass is 325 g/mol. The van der Waals surface area contributed by atoms with E-state index < -0.39 is 0 Å². The van der Waals surface area contributed by atoms with Crippen molar-refractivity contribution in [3.63, 3.8) is 0 Å². The molecule has 3 heterocycles. The molecule has 1 aliphatic rings. The molecular formula is C18H20FN5. The molecule has 0 unspecified atom stereocenters. The van der Waals surface area contributed by atoms with Gasteiger partial charge in [-0.2, -0.15) is 5.10 Å². The van der Waals surface area contributed by atoms with E-state index >= 15 is 0 Å². The third-order valence-corrected chi connectivity index (χ3v) is 4.64. The van der Waals surface area contributed by atoms with Crippen molar-refractivity contribution in [3.8, 4) is 11.1 Å². The number of alkyl halides is 1. The molecule has 0 radical (unpaired) electrons. The van der Waals surface area contributed by atoms with Crippen molar-refractivity contribution in [2.45, 2.75) is 13.1 Å². The van der Waals surface area contributed by atoms with Crippen molar-refractivity contribution in [2.75, 3.05) is 32.1 Å². The number of nitrogens with one attached hydrogen (secondary N) is 1. The number of hydrogen-bond acceptors (Lipinski definition) is 4. The number of benzene rings is 1. The Morgan fingerprint density at radius 2 is 2.08 bits per heavy atom. The molecule has 24 heavy (non-hydrogen) atoms. The summed E-state index contributed by atoms with van der Waals surface area (Å²) in [6.45, 7) is 2.60.